The summed E-state index contributed by atoms with van der Waals surface area (Å²) < 4.78 is 22.8. The first-order valence-electron chi connectivity index (χ1n) is 7.52. The zero-order valence-corrected chi connectivity index (χ0v) is 14.3. The van der Waals surface area contributed by atoms with Crippen molar-refractivity contribution in [2.24, 2.45) is 11.5 Å². The maximum absolute atomic E-state index is 12.0. The molecule has 0 radical (unpaired) electrons. The standard InChI is InChI=1S/C17H17N3O4S/c1-25(23,24)7-6-9-2-5-12-11-4-3-10(16(18)21)8-13(11)20-15(12)14(9)17(19)22/h2-5,8,20H,6-7H2,1H3,(H2,18,21)(H2,19,22). The Labute approximate surface area is 143 Å². The lowest BCUT2D eigenvalue weighted by atomic mass is 10.0. The van der Waals surface area contributed by atoms with Gasteiger partial charge in [-0.2, -0.15) is 0 Å². The number of carbonyl (C=O) groups is 2. The topological polar surface area (TPSA) is 136 Å². The van der Waals surface area contributed by atoms with Gasteiger partial charge in [-0.1, -0.05) is 18.2 Å². The third kappa shape index (κ3) is 3.20. The fourth-order valence-electron chi connectivity index (χ4n) is 2.96. The Balaban J connectivity index is 2.24. The van der Waals surface area contributed by atoms with Crippen molar-refractivity contribution in [1.82, 2.24) is 4.98 Å². The highest BCUT2D eigenvalue weighted by atomic mass is 32.2. The Bertz CT molecular complexity index is 1130. The molecule has 130 valence electrons. The van der Waals surface area contributed by atoms with Crippen LogP contribution in [0.5, 0.6) is 0 Å². The van der Waals surface area contributed by atoms with Crippen LogP contribution in [0.1, 0.15) is 26.3 Å². The molecule has 1 aromatic heterocycles. The van der Waals surface area contributed by atoms with Crippen LogP contribution in [0.4, 0.5) is 0 Å². The van der Waals surface area contributed by atoms with Gasteiger partial charge in [0.2, 0.25) is 5.91 Å². The number of aromatic nitrogens is 1. The second kappa shape index (κ2) is 5.89. The van der Waals surface area contributed by atoms with E-state index in [2.05, 4.69) is 4.98 Å². The number of aryl methyl sites for hydroxylation is 1. The number of nitrogens with two attached hydrogens (primary N) is 2. The monoisotopic (exact) mass is 359 g/mol. The molecule has 0 fully saturated rings. The zero-order chi connectivity index (χ0) is 18.4. The van der Waals surface area contributed by atoms with E-state index in [4.69, 9.17) is 11.5 Å². The van der Waals surface area contributed by atoms with Gasteiger partial charge in [0, 0.05) is 28.1 Å². The van der Waals surface area contributed by atoms with Gasteiger partial charge in [0.05, 0.1) is 16.8 Å². The van der Waals surface area contributed by atoms with E-state index in [1.807, 2.05) is 6.07 Å². The Morgan fingerprint density at radius 1 is 1.04 bits per heavy atom. The van der Waals surface area contributed by atoms with Crippen LogP contribution < -0.4 is 11.5 Å². The normalized spacial score (nSPS) is 11.9. The number of hydrogen-bond acceptors (Lipinski definition) is 4. The molecule has 2 amide bonds. The van der Waals surface area contributed by atoms with Crippen LogP contribution in [0.3, 0.4) is 0 Å². The van der Waals surface area contributed by atoms with Crippen LogP contribution in [0.2, 0.25) is 0 Å². The molecule has 3 aromatic rings. The number of nitrogens with one attached hydrogen (secondary N) is 1. The van der Waals surface area contributed by atoms with Crippen molar-refractivity contribution < 1.29 is 18.0 Å². The molecule has 0 spiro atoms. The van der Waals surface area contributed by atoms with Gasteiger partial charge >= 0.3 is 0 Å². The minimum Gasteiger partial charge on any atom is -0.366 e. The van der Waals surface area contributed by atoms with Gasteiger partial charge in [0.15, 0.2) is 0 Å². The van der Waals surface area contributed by atoms with Gasteiger partial charge in [-0.3, -0.25) is 9.59 Å². The first-order valence-corrected chi connectivity index (χ1v) is 9.58. The van der Waals surface area contributed by atoms with Crippen LogP contribution in [0.15, 0.2) is 30.3 Å². The second-order valence-corrected chi connectivity index (χ2v) is 8.28. The molecule has 0 saturated heterocycles. The van der Waals surface area contributed by atoms with Crippen LogP contribution in [0, 0.1) is 0 Å². The molecule has 1 heterocycles. The van der Waals surface area contributed by atoms with E-state index in [0.29, 0.717) is 22.2 Å². The largest absolute Gasteiger partial charge is 0.366 e. The quantitative estimate of drug-likeness (QED) is 0.628. The highest BCUT2D eigenvalue weighted by Gasteiger charge is 2.18. The smallest absolute Gasteiger partial charge is 0.251 e. The van der Waals surface area contributed by atoms with E-state index in [-0.39, 0.29) is 17.7 Å². The maximum atomic E-state index is 12.0. The van der Waals surface area contributed by atoms with Crippen LogP contribution in [0.25, 0.3) is 21.8 Å². The fourth-order valence-corrected chi connectivity index (χ4v) is 3.55. The molecule has 5 N–H and O–H groups in total. The van der Waals surface area contributed by atoms with E-state index >= 15 is 0 Å². The maximum Gasteiger partial charge on any atom is 0.251 e. The summed E-state index contributed by atoms with van der Waals surface area (Å²) in [7, 11) is -3.17. The van der Waals surface area contributed by atoms with E-state index in [1.165, 1.54) is 0 Å². The Kier molecular flexibility index (Phi) is 4.00. The summed E-state index contributed by atoms with van der Waals surface area (Å²) in [5, 5.41) is 1.58. The molecule has 0 aliphatic carbocycles. The van der Waals surface area contributed by atoms with E-state index in [1.54, 1.807) is 24.3 Å². The first-order chi connectivity index (χ1) is 11.7. The number of amides is 2. The highest BCUT2D eigenvalue weighted by molar-refractivity contribution is 7.90. The zero-order valence-electron chi connectivity index (χ0n) is 13.5. The number of carbonyl (C=O) groups excluding carboxylic acids is 2. The minimum absolute atomic E-state index is 0.0785. The number of primary amides is 2. The van der Waals surface area contributed by atoms with Gasteiger partial charge in [0.1, 0.15) is 9.84 Å². The summed E-state index contributed by atoms with van der Waals surface area (Å²) in [6.45, 7) is 0. The van der Waals surface area contributed by atoms with Crippen molar-refractivity contribution in [2.75, 3.05) is 12.0 Å². The second-order valence-electron chi connectivity index (χ2n) is 6.02. The van der Waals surface area contributed by atoms with E-state index in [9.17, 15) is 18.0 Å². The Morgan fingerprint density at radius 2 is 1.72 bits per heavy atom. The molecule has 0 saturated carbocycles. The van der Waals surface area contributed by atoms with Crippen molar-refractivity contribution >= 4 is 43.5 Å². The molecule has 3 rings (SSSR count). The average Bonchev–Trinajstić information content (AvgIpc) is 2.88. The van der Waals surface area contributed by atoms with Crippen molar-refractivity contribution in [3.8, 4) is 0 Å². The summed E-state index contributed by atoms with van der Waals surface area (Å²) in [4.78, 5) is 26.4. The van der Waals surface area contributed by atoms with Crippen molar-refractivity contribution in [1.29, 1.82) is 0 Å². The molecule has 0 atom stereocenters. The van der Waals surface area contributed by atoms with Crippen molar-refractivity contribution in [2.45, 2.75) is 6.42 Å². The van der Waals surface area contributed by atoms with Gasteiger partial charge in [-0.25, -0.2) is 8.42 Å². The molecular formula is C17H17N3O4S. The molecule has 0 unspecified atom stereocenters. The number of hydrogen-bond donors (Lipinski definition) is 3. The van der Waals surface area contributed by atoms with Gasteiger partial charge in [-0.05, 0) is 24.1 Å². The summed E-state index contributed by atoms with van der Waals surface area (Å²) in [6, 6.07) is 8.48. The summed E-state index contributed by atoms with van der Waals surface area (Å²) in [5.41, 5.74) is 13.2. The third-order valence-corrected chi connectivity index (χ3v) is 5.08. The Morgan fingerprint density at radius 3 is 2.32 bits per heavy atom. The number of aromatic amines is 1. The number of sulfone groups is 1. The van der Waals surface area contributed by atoms with E-state index < -0.39 is 21.7 Å². The third-order valence-electron chi connectivity index (χ3n) is 4.13. The van der Waals surface area contributed by atoms with Gasteiger partial charge in [-0.15, -0.1) is 0 Å². The van der Waals surface area contributed by atoms with Crippen molar-refractivity contribution in [3.05, 3.63) is 47.0 Å². The van der Waals surface area contributed by atoms with Gasteiger partial charge < -0.3 is 16.5 Å². The predicted molar refractivity (Wildman–Crippen MR) is 96.3 cm³/mol. The highest BCUT2D eigenvalue weighted by Crippen LogP contribution is 2.30. The lowest BCUT2D eigenvalue weighted by molar-refractivity contribution is 0.0992. The fraction of sp³-hybridized carbons (Fsp3) is 0.176. The molecule has 0 aliphatic rings. The lowest BCUT2D eigenvalue weighted by Gasteiger charge is -2.07. The van der Waals surface area contributed by atoms with E-state index in [0.717, 1.165) is 17.0 Å². The number of rotatable bonds is 5. The molecule has 8 heteroatoms. The molecule has 25 heavy (non-hydrogen) atoms. The summed E-state index contributed by atoms with van der Waals surface area (Å²) in [6.07, 6.45) is 1.33. The number of H-pyrrole nitrogens is 1. The molecular weight excluding hydrogens is 342 g/mol. The number of benzene rings is 2. The SMILES string of the molecule is CS(=O)(=O)CCc1ccc2c([nH]c3cc(C(N)=O)ccc32)c1C(N)=O. The van der Waals surface area contributed by atoms with Crippen LogP contribution in [-0.2, 0) is 16.3 Å². The minimum atomic E-state index is -3.17. The van der Waals surface area contributed by atoms with Crippen LogP contribution >= 0.6 is 0 Å². The Hall–Kier alpha value is -2.87. The van der Waals surface area contributed by atoms with Crippen LogP contribution in [-0.4, -0.2) is 37.2 Å². The first kappa shape index (κ1) is 17.0. The van der Waals surface area contributed by atoms with Crippen molar-refractivity contribution in [3.63, 3.8) is 0 Å². The molecule has 2 aromatic carbocycles. The van der Waals surface area contributed by atoms with Gasteiger partial charge in [0.25, 0.3) is 5.91 Å². The molecule has 0 aliphatic heterocycles. The lowest BCUT2D eigenvalue weighted by Crippen LogP contribution is -2.16. The summed E-state index contributed by atoms with van der Waals surface area (Å²) in [5.74, 6) is -1.27. The molecule has 7 nitrogen and oxygen atoms in total. The average molecular weight is 359 g/mol. The summed E-state index contributed by atoms with van der Waals surface area (Å²) >= 11 is 0. The predicted octanol–water partition coefficient (Wildman–Crippen LogP) is 1.11. The number of fused-ring (bicyclic) bond motifs is 3. The molecule has 0 bridgehead atoms.